The van der Waals surface area contributed by atoms with Gasteiger partial charge in [0.15, 0.2) is 11.6 Å². The van der Waals surface area contributed by atoms with Gasteiger partial charge < -0.3 is 29.4 Å². The van der Waals surface area contributed by atoms with Crippen molar-refractivity contribution in [3.8, 4) is 17.2 Å². The molecule has 0 bridgehead atoms. The first-order valence-corrected chi connectivity index (χ1v) is 24.5. The molecular weight excluding hydrogens is 970 g/mol. The van der Waals surface area contributed by atoms with Crippen LogP contribution in [-0.2, 0) is 34.1 Å². The summed E-state index contributed by atoms with van der Waals surface area (Å²) < 4.78 is 27.6. The lowest BCUT2D eigenvalue weighted by atomic mass is 10.0. The molecule has 0 atom stereocenters. The van der Waals surface area contributed by atoms with E-state index in [9.17, 15) is 24.0 Å². The molecule has 0 heterocycles. The predicted octanol–water partition coefficient (Wildman–Crippen LogP) is 13.9. The summed E-state index contributed by atoms with van der Waals surface area (Å²) in [6.07, 6.45) is 2.54. The van der Waals surface area contributed by atoms with Crippen molar-refractivity contribution in [2.75, 3.05) is 0 Å². The Kier molecular flexibility index (Phi) is 26.2. The van der Waals surface area contributed by atoms with Crippen LogP contribution in [0.25, 0.3) is 0 Å². The molecule has 6 rings (SSSR count). The Hall–Kier alpha value is -8.16. The molecule has 0 aromatic heterocycles. The Morgan fingerprint density at radius 3 is 1.21 bits per heavy atom. The highest BCUT2D eigenvalue weighted by atomic mass is 35.5. The van der Waals surface area contributed by atoms with E-state index in [0.29, 0.717) is 53.8 Å². The second-order valence-electron chi connectivity index (χ2n) is 18.5. The molecule has 0 aliphatic carbocycles. The first-order chi connectivity index (χ1) is 35.6. The van der Waals surface area contributed by atoms with Crippen LogP contribution in [0.4, 0.5) is 4.79 Å². The zero-order chi connectivity index (χ0) is 55.2. The van der Waals surface area contributed by atoms with E-state index in [0.717, 1.165) is 16.7 Å². The fourth-order valence-electron chi connectivity index (χ4n) is 6.11. The number of rotatable bonds is 18. The Morgan fingerprint density at radius 1 is 0.507 bits per heavy atom. The number of carbonyl (C=O) groups excluding carboxylic acids is 5. The van der Waals surface area contributed by atoms with Gasteiger partial charge in [-0.05, 0) is 126 Å². The molecule has 0 fully saturated rings. The number of amides is 1. The van der Waals surface area contributed by atoms with Gasteiger partial charge in [-0.3, -0.25) is 24.6 Å². The smallest absolute Gasteiger partial charge is 0.434 e. The van der Waals surface area contributed by atoms with Crippen LogP contribution >= 0.6 is 11.6 Å². The largest absolute Gasteiger partial charge is 0.489 e. The average molecular weight is 1040 g/mol. The highest BCUT2D eigenvalue weighted by Gasteiger charge is 2.23. The molecule has 0 aliphatic rings. The average Bonchev–Trinajstić information content (AvgIpc) is 3.37. The number of nitrogens with two attached hydrogens (primary N) is 1. The second-order valence-corrected chi connectivity index (χ2v) is 18.8. The van der Waals surface area contributed by atoms with Crippen LogP contribution in [0.15, 0.2) is 181 Å². The summed E-state index contributed by atoms with van der Waals surface area (Å²) in [5, 5.41) is 6.67. The van der Waals surface area contributed by atoms with Crippen molar-refractivity contribution in [1.29, 1.82) is 5.41 Å². The summed E-state index contributed by atoms with van der Waals surface area (Å²) >= 11 is 5.40. The lowest BCUT2D eigenvalue weighted by Crippen LogP contribution is -2.27. The van der Waals surface area contributed by atoms with Gasteiger partial charge in [0.1, 0.15) is 48.3 Å². The molecule has 75 heavy (non-hydrogen) atoms. The number of esters is 1. The van der Waals surface area contributed by atoms with E-state index in [-0.39, 0.29) is 42.4 Å². The van der Waals surface area contributed by atoms with Gasteiger partial charge in [-0.2, -0.15) is 4.99 Å². The van der Waals surface area contributed by atoms with Crippen molar-refractivity contribution >= 4 is 52.0 Å². The number of Topliss-reactive ketones (excluding diaryl/α,β-unsaturated/α-hetero) is 2. The normalized spacial score (nSPS) is 10.9. The van der Waals surface area contributed by atoms with Crippen LogP contribution in [0, 0.1) is 5.41 Å². The van der Waals surface area contributed by atoms with E-state index in [1.54, 1.807) is 114 Å². The number of benzene rings is 6. The van der Waals surface area contributed by atoms with E-state index >= 15 is 0 Å². The molecule has 0 radical (unpaired) electrons. The van der Waals surface area contributed by atoms with Crippen LogP contribution < -0.4 is 19.9 Å². The van der Waals surface area contributed by atoms with Crippen molar-refractivity contribution < 1.29 is 47.7 Å². The third kappa shape index (κ3) is 26.9. The van der Waals surface area contributed by atoms with Crippen molar-refractivity contribution in [2.24, 2.45) is 10.7 Å². The van der Waals surface area contributed by atoms with Gasteiger partial charge in [0.25, 0.3) is 5.24 Å². The third-order valence-electron chi connectivity index (χ3n) is 9.58. The molecule has 0 unspecified atom stereocenters. The topological polar surface area (TPSA) is 194 Å². The quantitative estimate of drug-likeness (QED) is 0.0208. The van der Waals surface area contributed by atoms with Gasteiger partial charge in [0.05, 0.1) is 25.1 Å². The maximum absolute atomic E-state index is 13.0. The molecule has 0 aliphatic heterocycles. The zero-order valence-corrected chi connectivity index (χ0v) is 44.7. The van der Waals surface area contributed by atoms with E-state index < -0.39 is 28.5 Å². The summed E-state index contributed by atoms with van der Waals surface area (Å²) in [6.45, 7) is 15.6. The molecule has 394 valence electrons. The van der Waals surface area contributed by atoms with Crippen LogP contribution in [0.3, 0.4) is 0 Å². The summed E-state index contributed by atoms with van der Waals surface area (Å²) in [7, 11) is 0. The second kappa shape index (κ2) is 32.1. The molecule has 1 amide bonds. The van der Waals surface area contributed by atoms with Crippen molar-refractivity contribution in [1.82, 2.24) is 0 Å². The van der Waals surface area contributed by atoms with Crippen LogP contribution in [0.5, 0.6) is 17.2 Å². The van der Waals surface area contributed by atoms with Crippen molar-refractivity contribution in [3.63, 3.8) is 0 Å². The molecule has 3 N–H and O–H groups in total. The summed E-state index contributed by atoms with van der Waals surface area (Å²) in [4.78, 5) is 64.2. The van der Waals surface area contributed by atoms with Gasteiger partial charge in [-0.25, -0.2) is 4.79 Å². The molecule has 0 saturated carbocycles. The Bertz CT molecular complexity index is 2820. The first-order valence-electron chi connectivity index (χ1n) is 24.1. The van der Waals surface area contributed by atoms with Crippen molar-refractivity contribution in [3.05, 3.63) is 209 Å². The molecular formula is C61H68ClN3O10. The number of halogens is 1. The Morgan fingerprint density at radius 2 is 0.867 bits per heavy atom. The van der Waals surface area contributed by atoms with E-state index in [2.05, 4.69) is 4.99 Å². The summed E-state index contributed by atoms with van der Waals surface area (Å²) in [5.41, 5.74) is 8.32. The predicted molar refractivity (Wildman–Crippen MR) is 296 cm³/mol. The molecule has 6 aromatic rings. The van der Waals surface area contributed by atoms with E-state index in [1.807, 2.05) is 117 Å². The number of hydrogen-bond donors (Lipinski definition) is 2. The van der Waals surface area contributed by atoms with Gasteiger partial charge in [0.2, 0.25) is 0 Å². The molecule has 14 heteroatoms. The summed E-state index contributed by atoms with van der Waals surface area (Å²) in [6, 6.07) is 49.8. The highest BCUT2D eigenvalue weighted by Crippen LogP contribution is 2.20. The monoisotopic (exact) mass is 1040 g/mol. The number of hydrogen-bond acceptors (Lipinski definition) is 11. The minimum Gasteiger partial charge on any atom is -0.489 e. The minimum atomic E-state index is -0.862. The maximum atomic E-state index is 13.0. The third-order valence-corrected chi connectivity index (χ3v) is 9.80. The van der Waals surface area contributed by atoms with Gasteiger partial charge >= 0.3 is 12.1 Å². The molecule has 0 saturated heterocycles. The molecule has 13 nitrogen and oxygen atoms in total. The van der Waals surface area contributed by atoms with E-state index in [1.165, 1.54) is 0 Å². The Labute approximate surface area is 446 Å². The Balaban J connectivity index is 0.000000306. The zero-order valence-electron chi connectivity index (χ0n) is 44.0. The standard InChI is InChI=1S/C27H33NO6.C16H16N2O2.C14H11ClO2.C4H8/c1-26(2,3)33-24(30)17-21(28-25(31)34-27(4,5)6)16-23(29)20-13-10-14-22(15-20)32-18-19-11-8-7-9-12-19;17-16(18)10-15(19)13-7-4-8-14(9-13)20-11-12-5-2-1-3-6-12;15-14(16)12-7-4-8-13(9-12)17-10-11-5-2-1-3-6-11;1-3-4-2/h7-15H,16-18H2,1-6H3;1-9H,10-11H2,(H3,17,18);1-9H,10H2;3-4H,1-2H3. The lowest BCUT2D eigenvalue weighted by molar-refractivity contribution is -0.153. The first kappa shape index (κ1) is 61.1. The van der Waals surface area contributed by atoms with Gasteiger partial charge in [0, 0.05) is 22.4 Å². The number of amidine groups is 1. The van der Waals surface area contributed by atoms with Gasteiger partial charge in [-0.1, -0.05) is 133 Å². The number of ketones is 2. The number of nitrogens with zero attached hydrogens (tertiary/aromatic N) is 1. The number of carbonyl (C=O) groups is 5. The van der Waals surface area contributed by atoms with Crippen LogP contribution in [-0.4, -0.2) is 51.6 Å². The van der Waals surface area contributed by atoms with E-state index in [4.69, 9.17) is 46.4 Å². The highest BCUT2D eigenvalue weighted by molar-refractivity contribution is 6.67. The molecule has 6 aromatic carbocycles. The number of nitrogens with one attached hydrogen (secondary N) is 1. The number of ether oxygens (including phenoxy) is 5. The fraction of sp³-hybridized carbons (Fsp3) is 0.262. The number of allylic oxidation sites excluding steroid dienone is 2. The van der Waals surface area contributed by atoms with Crippen LogP contribution in [0.1, 0.15) is 122 Å². The SMILES string of the molecule is CC(C)(C)OC(=O)CC(CC(=O)c1cccc(OCc2ccccc2)c1)=NC(=O)OC(C)(C)C.CC=CC.N=C(N)CC(=O)c1cccc(OCc2ccccc2)c1.O=C(Cl)c1cccc(OCc2ccccc2)c1. The van der Waals surface area contributed by atoms with Gasteiger partial charge in [-0.15, -0.1) is 0 Å². The van der Waals surface area contributed by atoms with Crippen molar-refractivity contribution in [2.45, 2.75) is 106 Å². The fourth-order valence-corrected chi connectivity index (χ4v) is 6.23. The lowest BCUT2D eigenvalue weighted by Gasteiger charge is -2.20. The summed E-state index contributed by atoms with van der Waals surface area (Å²) in [5.74, 6) is 0.600. The number of aliphatic imine (C=N–C) groups is 1. The maximum Gasteiger partial charge on any atom is 0.434 e. The molecule has 0 spiro atoms. The minimum absolute atomic E-state index is 0.0673. The van der Waals surface area contributed by atoms with Crippen LogP contribution in [0.2, 0.25) is 0 Å².